The van der Waals surface area contributed by atoms with E-state index in [9.17, 15) is 4.79 Å². The Morgan fingerprint density at radius 2 is 1.95 bits per heavy atom. The number of piperazine rings is 1. The Hall–Kier alpha value is -1.78. The number of carbonyl (C=O) groups is 1. The van der Waals surface area contributed by atoms with Crippen molar-refractivity contribution >= 4 is 27.9 Å². The molecule has 1 aliphatic rings. The van der Waals surface area contributed by atoms with Crippen LogP contribution in [0.2, 0.25) is 0 Å². The maximum absolute atomic E-state index is 11.6. The summed E-state index contributed by atoms with van der Waals surface area (Å²) in [6.45, 7) is 5.83. The minimum Gasteiger partial charge on any atom is -0.396 e. The van der Waals surface area contributed by atoms with Gasteiger partial charge in [-0.25, -0.2) is 0 Å². The van der Waals surface area contributed by atoms with E-state index in [2.05, 4.69) is 30.7 Å². The van der Waals surface area contributed by atoms with Crippen molar-refractivity contribution in [2.24, 2.45) is 5.73 Å². The van der Waals surface area contributed by atoms with E-state index in [0.717, 1.165) is 18.1 Å². The maximum Gasteiger partial charge on any atom is 0.253 e. The highest BCUT2D eigenvalue weighted by Crippen LogP contribution is 2.38. The Balaban J connectivity index is 2.43. The van der Waals surface area contributed by atoms with Gasteiger partial charge in [-0.1, -0.05) is 0 Å². The molecular weight excluding hydrogens is 274 g/mol. The molecule has 0 spiro atoms. The molecule has 1 aliphatic heterocycles. The van der Waals surface area contributed by atoms with Gasteiger partial charge in [0, 0.05) is 25.2 Å². The van der Waals surface area contributed by atoms with Gasteiger partial charge in [0.15, 0.2) is 0 Å². The standard InChI is InChI=1S/C13H19N5OS/c1-7-5-18(6-8(2)17(7)3)13-10(12(16)19)11(15)9(4-14)20-13/h7-8H,5-6,15H2,1-3H3,(H2,16,19). The summed E-state index contributed by atoms with van der Waals surface area (Å²) in [6.07, 6.45) is 0. The molecule has 0 aliphatic carbocycles. The maximum atomic E-state index is 11.6. The Morgan fingerprint density at radius 1 is 1.40 bits per heavy atom. The lowest BCUT2D eigenvalue weighted by atomic mass is 10.1. The SMILES string of the molecule is CC1CN(c2sc(C#N)c(N)c2C(N)=O)CC(C)N1C. The number of likely N-dealkylation sites (N-methyl/N-ethyl adjacent to an activating group) is 1. The molecule has 20 heavy (non-hydrogen) atoms. The Morgan fingerprint density at radius 3 is 2.40 bits per heavy atom. The normalized spacial score (nSPS) is 23.6. The topological polar surface area (TPSA) is 99.4 Å². The van der Waals surface area contributed by atoms with Crippen LogP contribution in [0.4, 0.5) is 10.7 Å². The van der Waals surface area contributed by atoms with Crippen LogP contribution in [0.15, 0.2) is 0 Å². The van der Waals surface area contributed by atoms with Gasteiger partial charge in [-0.3, -0.25) is 9.69 Å². The molecule has 4 N–H and O–H groups in total. The molecule has 1 aromatic rings. The first kappa shape index (κ1) is 14.6. The van der Waals surface area contributed by atoms with Gasteiger partial charge in [0.1, 0.15) is 15.9 Å². The number of nitrogens with zero attached hydrogens (tertiary/aromatic N) is 3. The number of amides is 1. The van der Waals surface area contributed by atoms with Crippen LogP contribution >= 0.6 is 11.3 Å². The first-order chi connectivity index (χ1) is 9.36. The van der Waals surface area contributed by atoms with Crippen LogP contribution in [0, 0.1) is 11.3 Å². The third-order valence-electron chi connectivity index (χ3n) is 3.92. The zero-order chi connectivity index (χ0) is 15.0. The van der Waals surface area contributed by atoms with E-state index in [4.69, 9.17) is 16.7 Å². The first-order valence-electron chi connectivity index (χ1n) is 6.45. The number of hydrogen-bond donors (Lipinski definition) is 2. The van der Waals surface area contributed by atoms with Gasteiger partial charge in [-0.2, -0.15) is 5.26 Å². The van der Waals surface area contributed by atoms with Crippen LogP contribution in [0.1, 0.15) is 29.1 Å². The minimum absolute atomic E-state index is 0.208. The lowest BCUT2D eigenvalue weighted by Crippen LogP contribution is -2.55. The van der Waals surface area contributed by atoms with Gasteiger partial charge in [-0.15, -0.1) is 11.3 Å². The van der Waals surface area contributed by atoms with Crippen LogP contribution < -0.4 is 16.4 Å². The molecule has 1 amide bonds. The van der Waals surface area contributed by atoms with Gasteiger partial charge < -0.3 is 16.4 Å². The Labute approximate surface area is 122 Å². The van der Waals surface area contributed by atoms with Crippen molar-refractivity contribution in [3.8, 4) is 6.07 Å². The number of nitrogens with two attached hydrogens (primary N) is 2. The number of nitriles is 1. The van der Waals surface area contributed by atoms with Crippen LogP contribution in [-0.2, 0) is 0 Å². The average molecular weight is 293 g/mol. The van der Waals surface area contributed by atoms with E-state index in [0.29, 0.717) is 17.0 Å². The number of carbonyl (C=O) groups excluding carboxylic acids is 1. The van der Waals surface area contributed by atoms with E-state index in [1.807, 2.05) is 6.07 Å². The van der Waals surface area contributed by atoms with Crippen LogP contribution in [0.5, 0.6) is 0 Å². The first-order valence-corrected chi connectivity index (χ1v) is 7.27. The molecule has 1 aromatic heterocycles. The molecule has 1 saturated heterocycles. The number of rotatable bonds is 2. The quantitative estimate of drug-likeness (QED) is 0.841. The Bertz CT molecular complexity index is 564. The van der Waals surface area contributed by atoms with Crippen LogP contribution in [0.25, 0.3) is 0 Å². The molecule has 2 atom stereocenters. The minimum atomic E-state index is -0.575. The van der Waals surface area contributed by atoms with Crippen molar-refractivity contribution in [1.82, 2.24) is 4.90 Å². The fourth-order valence-corrected chi connectivity index (χ4v) is 3.59. The molecule has 0 aromatic carbocycles. The number of thiophene rings is 1. The molecule has 2 heterocycles. The van der Waals surface area contributed by atoms with Gasteiger partial charge in [0.25, 0.3) is 5.91 Å². The second kappa shape index (κ2) is 5.31. The van der Waals surface area contributed by atoms with Crippen molar-refractivity contribution < 1.29 is 4.79 Å². The molecule has 7 heteroatoms. The average Bonchev–Trinajstić information content (AvgIpc) is 2.72. The summed E-state index contributed by atoms with van der Waals surface area (Å²) in [5.74, 6) is -0.575. The van der Waals surface area contributed by atoms with Gasteiger partial charge in [-0.05, 0) is 20.9 Å². The van der Waals surface area contributed by atoms with Crippen molar-refractivity contribution in [3.05, 3.63) is 10.4 Å². The second-order valence-corrected chi connectivity index (χ2v) is 6.27. The van der Waals surface area contributed by atoms with Gasteiger partial charge in [0.2, 0.25) is 0 Å². The highest BCUT2D eigenvalue weighted by atomic mass is 32.1. The molecule has 0 bridgehead atoms. The smallest absolute Gasteiger partial charge is 0.253 e. The fourth-order valence-electron chi connectivity index (χ4n) is 2.55. The van der Waals surface area contributed by atoms with E-state index >= 15 is 0 Å². The van der Waals surface area contributed by atoms with Gasteiger partial charge >= 0.3 is 0 Å². The zero-order valence-corrected chi connectivity index (χ0v) is 12.7. The molecular formula is C13H19N5OS. The summed E-state index contributed by atoms with van der Waals surface area (Å²) in [5, 5.41) is 9.80. The molecule has 2 unspecified atom stereocenters. The van der Waals surface area contributed by atoms with Crippen LogP contribution in [-0.4, -0.2) is 43.0 Å². The molecule has 2 rings (SSSR count). The molecule has 0 radical (unpaired) electrons. The highest BCUT2D eigenvalue weighted by Gasteiger charge is 2.31. The van der Waals surface area contributed by atoms with E-state index in [1.165, 1.54) is 11.3 Å². The summed E-state index contributed by atoms with van der Waals surface area (Å²) >= 11 is 1.25. The van der Waals surface area contributed by atoms with E-state index in [-0.39, 0.29) is 11.3 Å². The lowest BCUT2D eigenvalue weighted by molar-refractivity contribution is 0.100. The number of nitrogen functional groups attached to an aromatic ring is 1. The largest absolute Gasteiger partial charge is 0.396 e. The highest BCUT2D eigenvalue weighted by molar-refractivity contribution is 7.17. The second-order valence-electron chi connectivity index (χ2n) is 5.27. The third kappa shape index (κ3) is 2.32. The van der Waals surface area contributed by atoms with E-state index < -0.39 is 5.91 Å². The number of hydrogen-bond acceptors (Lipinski definition) is 6. The predicted molar refractivity (Wildman–Crippen MR) is 80.9 cm³/mol. The van der Waals surface area contributed by atoms with E-state index in [1.54, 1.807) is 0 Å². The summed E-state index contributed by atoms with van der Waals surface area (Å²) < 4.78 is 0. The van der Waals surface area contributed by atoms with Crippen molar-refractivity contribution in [1.29, 1.82) is 5.26 Å². The molecule has 1 fully saturated rings. The molecule has 108 valence electrons. The van der Waals surface area contributed by atoms with Crippen molar-refractivity contribution in [2.45, 2.75) is 25.9 Å². The van der Waals surface area contributed by atoms with Crippen LogP contribution in [0.3, 0.4) is 0 Å². The third-order valence-corrected chi connectivity index (χ3v) is 5.09. The molecule has 6 nitrogen and oxygen atoms in total. The summed E-state index contributed by atoms with van der Waals surface area (Å²) in [4.78, 5) is 16.4. The monoisotopic (exact) mass is 293 g/mol. The lowest BCUT2D eigenvalue weighted by Gasteiger charge is -2.43. The predicted octanol–water partition coefficient (Wildman–Crippen LogP) is 0.830. The number of anilines is 2. The van der Waals surface area contributed by atoms with Crippen molar-refractivity contribution in [2.75, 3.05) is 30.8 Å². The van der Waals surface area contributed by atoms with Gasteiger partial charge in [0.05, 0.1) is 11.3 Å². The van der Waals surface area contributed by atoms with Crippen molar-refractivity contribution in [3.63, 3.8) is 0 Å². The Kier molecular flexibility index (Phi) is 3.88. The number of primary amides is 1. The summed E-state index contributed by atoms with van der Waals surface area (Å²) in [7, 11) is 2.09. The fraction of sp³-hybridized carbons (Fsp3) is 0.538. The zero-order valence-electron chi connectivity index (χ0n) is 11.9. The molecule has 0 saturated carbocycles. The summed E-state index contributed by atoms with van der Waals surface area (Å²) in [5.41, 5.74) is 11.8. The summed E-state index contributed by atoms with van der Waals surface area (Å²) in [6, 6.07) is 2.74.